The number of halogens is 2. The SMILES string of the molecule is Cc1cc(Cl)c(NC(=O)N2CCC(C(=O)O)CC2)cc1Cl. The number of rotatable bonds is 2. The second-order valence-electron chi connectivity index (χ2n) is 5.11. The highest BCUT2D eigenvalue weighted by molar-refractivity contribution is 6.36. The molecule has 0 aromatic heterocycles. The summed E-state index contributed by atoms with van der Waals surface area (Å²) in [5, 5.41) is 12.6. The number of carbonyl (C=O) groups is 2. The molecule has 21 heavy (non-hydrogen) atoms. The number of urea groups is 1. The summed E-state index contributed by atoms with van der Waals surface area (Å²) in [6.45, 7) is 2.66. The predicted octanol–water partition coefficient (Wildman–Crippen LogP) is 3.63. The number of nitrogens with one attached hydrogen (secondary N) is 1. The van der Waals surface area contributed by atoms with Crippen molar-refractivity contribution in [2.24, 2.45) is 5.92 Å². The lowest BCUT2D eigenvalue weighted by atomic mass is 9.97. The van der Waals surface area contributed by atoms with Gasteiger partial charge in [-0.15, -0.1) is 0 Å². The highest BCUT2D eigenvalue weighted by atomic mass is 35.5. The van der Waals surface area contributed by atoms with E-state index in [1.165, 1.54) is 0 Å². The summed E-state index contributed by atoms with van der Waals surface area (Å²) >= 11 is 12.1. The summed E-state index contributed by atoms with van der Waals surface area (Å²) in [5.74, 6) is -1.17. The summed E-state index contributed by atoms with van der Waals surface area (Å²) in [6, 6.07) is 3.01. The molecule has 1 aromatic rings. The molecule has 0 bridgehead atoms. The number of likely N-dealkylation sites (tertiary alicyclic amines) is 1. The Morgan fingerprint density at radius 2 is 1.86 bits per heavy atom. The van der Waals surface area contributed by atoms with Crippen LogP contribution < -0.4 is 5.32 Å². The third-order valence-corrected chi connectivity index (χ3v) is 4.34. The van der Waals surface area contributed by atoms with E-state index < -0.39 is 5.97 Å². The van der Waals surface area contributed by atoms with Gasteiger partial charge in [-0.05, 0) is 37.5 Å². The number of benzene rings is 1. The Bertz CT molecular complexity index is 570. The minimum atomic E-state index is -0.802. The van der Waals surface area contributed by atoms with Crippen LogP contribution in [0, 0.1) is 12.8 Å². The Hall–Kier alpha value is -1.46. The molecule has 0 spiro atoms. The van der Waals surface area contributed by atoms with Gasteiger partial charge in [0.2, 0.25) is 0 Å². The zero-order valence-electron chi connectivity index (χ0n) is 11.5. The van der Waals surface area contributed by atoms with Crippen molar-refractivity contribution in [3.8, 4) is 0 Å². The van der Waals surface area contributed by atoms with Crippen LogP contribution in [0.4, 0.5) is 10.5 Å². The fourth-order valence-electron chi connectivity index (χ4n) is 2.27. The number of aliphatic carboxylic acids is 1. The normalized spacial score (nSPS) is 15.9. The van der Waals surface area contributed by atoms with Crippen molar-refractivity contribution in [3.05, 3.63) is 27.7 Å². The van der Waals surface area contributed by atoms with Crippen molar-refractivity contribution in [2.75, 3.05) is 18.4 Å². The highest BCUT2D eigenvalue weighted by Gasteiger charge is 2.27. The topological polar surface area (TPSA) is 69.6 Å². The lowest BCUT2D eigenvalue weighted by Gasteiger charge is -2.30. The number of hydrogen-bond acceptors (Lipinski definition) is 2. The lowest BCUT2D eigenvalue weighted by Crippen LogP contribution is -2.42. The number of aryl methyl sites for hydroxylation is 1. The van der Waals surface area contributed by atoms with Gasteiger partial charge in [0.25, 0.3) is 0 Å². The van der Waals surface area contributed by atoms with Crippen LogP contribution in [-0.4, -0.2) is 35.1 Å². The average Bonchev–Trinajstić information content (AvgIpc) is 2.44. The highest BCUT2D eigenvalue weighted by Crippen LogP contribution is 2.29. The van der Waals surface area contributed by atoms with Gasteiger partial charge in [0, 0.05) is 18.1 Å². The van der Waals surface area contributed by atoms with Crippen LogP contribution in [0.5, 0.6) is 0 Å². The van der Waals surface area contributed by atoms with Gasteiger partial charge >= 0.3 is 12.0 Å². The van der Waals surface area contributed by atoms with Crippen molar-refractivity contribution in [2.45, 2.75) is 19.8 Å². The molecule has 1 fully saturated rings. The number of anilines is 1. The standard InChI is InChI=1S/C14H16Cl2N2O3/c1-8-6-11(16)12(7-10(8)15)17-14(21)18-4-2-9(3-5-18)13(19)20/h6-7,9H,2-5H2,1H3,(H,17,21)(H,19,20). The smallest absolute Gasteiger partial charge is 0.321 e. The van der Waals surface area contributed by atoms with Crippen molar-refractivity contribution in [3.63, 3.8) is 0 Å². The van der Waals surface area contributed by atoms with E-state index in [1.807, 2.05) is 6.92 Å². The van der Waals surface area contributed by atoms with E-state index in [0.717, 1.165) is 5.56 Å². The zero-order chi connectivity index (χ0) is 15.6. The number of carboxylic acid groups (broad SMARTS) is 1. The molecule has 1 aromatic carbocycles. The van der Waals surface area contributed by atoms with Crippen LogP contribution in [0.2, 0.25) is 10.0 Å². The molecule has 114 valence electrons. The van der Waals surface area contributed by atoms with Crippen molar-refractivity contribution in [1.29, 1.82) is 0 Å². The molecule has 1 aliphatic rings. The molecule has 2 rings (SSSR count). The lowest BCUT2D eigenvalue weighted by molar-refractivity contribution is -0.143. The third kappa shape index (κ3) is 3.80. The number of carboxylic acids is 1. The van der Waals surface area contributed by atoms with Gasteiger partial charge in [-0.25, -0.2) is 4.79 Å². The first-order chi connectivity index (χ1) is 9.88. The van der Waals surface area contributed by atoms with E-state index in [1.54, 1.807) is 17.0 Å². The summed E-state index contributed by atoms with van der Waals surface area (Å²) in [7, 11) is 0. The van der Waals surface area contributed by atoms with Gasteiger partial charge in [0.1, 0.15) is 0 Å². The van der Waals surface area contributed by atoms with Gasteiger partial charge < -0.3 is 15.3 Å². The molecule has 5 nitrogen and oxygen atoms in total. The maximum Gasteiger partial charge on any atom is 0.321 e. The monoisotopic (exact) mass is 330 g/mol. The summed E-state index contributed by atoms with van der Waals surface area (Å²) < 4.78 is 0. The molecule has 2 amide bonds. The van der Waals surface area contributed by atoms with Gasteiger partial charge in [0.05, 0.1) is 16.6 Å². The number of hydrogen-bond donors (Lipinski definition) is 2. The Morgan fingerprint density at radius 1 is 1.24 bits per heavy atom. The molecule has 7 heteroatoms. The maximum atomic E-state index is 12.2. The first-order valence-corrected chi connectivity index (χ1v) is 7.38. The van der Waals surface area contributed by atoms with Crippen LogP contribution in [0.3, 0.4) is 0 Å². The fraction of sp³-hybridized carbons (Fsp3) is 0.429. The average molecular weight is 331 g/mol. The van der Waals surface area contributed by atoms with Crippen molar-refractivity contribution in [1.82, 2.24) is 4.90 Å². The van der Waals surface area contributed by atoms with Gasteiger partial charge in [-0.1, -0.05) is 23.2 Å². The van der Waals surface area contributed by atoms with Crippen LogP contribution in [0.15, 0.2) is 12.1 Å². The Labute approximate surface area is 132 Å². The molecule has 0 aliphatic carbocycles. The molecule has 0 atom stereocenters. The molecule has 1 saturated heterocycles. The molecule has 2 N–H and O–H groups in total. The Kier molecular flexibility index (Phi) is 4.96. The summed E-state index contributed by atoms with van der Waals surface area (Å²) in [6.07, 6.45) is 0.927. The summed E-state index contributed by atoms with van der Waals surface area (Å²) in [4.78, 5) is 24.6. The maximum absolute atomic E-state index is 12.2. The Balaban J connectivity index is 2.00. The number of carbonyl (C=O) groups excluding carboxylic acids is 1. The van der Waals surface area contributed by atoms with E-state index >= 15 is 0 Å². The van der Waals surface area contributed by atoms with Gasteiger partial charge in [-0.3, -0.25) is 4.79 Å². The fourth-order valence-corrected chi connectivity index (χ4v) is 2.69. The molecular formula is C14H16Cl2N2O3. The molecule has 0 radical (unpaired) electrons. The molecule has 1 heterocycles. The number of piperidine rings is 1. The van der Waals surface area contributed by atoms with Crippen LogP contribution in [0.1, 0.15) is 18.4 Å². The number of amides is 2. The van der Waals surface area contributed by atoms with Crippen LogP contribution in [0.25, 0.3) is 0 Å². The first-order valence-electron chi connectivity index (χ1n) is 6.63. The first kappa shape index (κ1) is 15.9. The molecule has 0 saturated carbocycles. The minimum Gasteiger partial charge on any atom is -0.481 e. The second-order valence-corrected chi connectivity index (χ2v) is 5.93. The van der Waals surface area contributed by atoms with E-state index in [9.17, 15) is 9.59 Å². The van der Waals surface area contributed by atoms with Crippen molar-refractivity contribution < 1.29 is 14.7 Å². The third-order valence-electron chi connectivity index (χ3n) is 3.62. The second kappa shape index (κ2) is 6.54. The van der Waals surface area contributed by atoms with E-state index in [4.69, 9.17) is 28.3 Å². The Morgan fingerprint density at radius 3 is 2.43 bits per heavy atom. The van der Waals surface area contributed by atoms with Crippen molar-refractivity contribution >= 4 is 40.9 Å². The van der Waals surface area contributed by atoms with Crippen LogP contribution in [-0.2, 0) is 4.79 Å². The molecule has 1 aliphatic heterocycles. The van der Waals surface area contributed by atoms with E-state index in [2.05, 4.69) is 5.32 Å². The van der Waals surface area contributed by atoms with E-state index in [-0.39, 0.29) is 11.9 Å². The number of nitrogens with zero attached hydrogens (tertiary/aromatic N) is 1. The largest absolute Gasteiger partial charge is 0.481 e. The summed E-state index contributed by atoms with van der Waals surface area (Å²) in [5.41, 5.74) is 1.29. The van der Waals surface area contributed by atoms with Gasteiger partial charge in [0.15, 0.2) is 0 Å². The zero-order valence-corrected chi connectivity index (χ0v) is 13.0. The molecular weight excluding hydrogens is 315 g/mol. The van der Waals surface area contributed by atoms with Crippen LogP contribution >= 0.6 is 23.2 Å². The minimum absolute atomic E-state index is 0.291. The van der Waals surface area contributed by atoms with Gasteiger partial charge in [-0.2, -0.15) is 0 Å². The quantitative estimate of drug-likeness (QED) is 0.869. The molecule has 0 unspecified atom stereocenters. The predicted molar refractivity (Wildman–Crippen MR) is 82.2 cm³/mol. The van der Waals surface area contributed by atoms with E-state index in [0.29, 0.717) is 41.7 Å².